The molecular weight excluding hydrogens is 609 g/mol. The summed E-state index contributed by atoms with van der Waals surface area (Å²) in [4.78, 5) is 0. The highest BCUT2D eigenvalue weighted by molar-refractivity contribution is 6.18. The molecule has 8 aromatic carbocycles. The summed E-state index contributed by atoms with van der Waals surface area (Å²) < 4.78 is 11.2. The molecule has 0 aliphatic carbocycles. The summed E-state index contributed by atoms with van der Waals surface area (Å²) in [5, 5.41) is 7.54. The van der Waals surface area contributed by atoms with Crippen LogP contribution in [0.3, 0.4) is 0 Å². The average molecular weight is 637 g/mol. The zero-order valence-electron chi connectivity index (χ0n) is 27.0. The van der Waals surface area contributed by atoms with Crippen LogP contribution in [0.25, 0.3) is 99.1 Å². The van der Waals surface area contributed by atoms with E-state index in [4.69, 9.17) is 4.74 Å². The molecule has 12 rings (SSSR count). The van der Waals surface area contributed by atoms with E-state index in [2.05, 4.69) is 167 Å². The lowest BCUT2D eigenvalue weighted by molar-refractivity contribution is 0.302. The molecule has 0 N–H and O–H groups in total. The van der Waals surface area contributed by atoms with Crippen LogP contribution in [-0.2, 0) is 6.61 Å². The Kier molecular flexibility index (Phi) is 5.02. The Hall–Kier alpha value is -6.58. The van der Waals surface area contributed by atoms with Gasteiger partial charge in [0.25, 0.3) is 0 Å². The molecule has 4 heterocycles. The fourth-order valence-electron chi connectivity index (χ4n) is 8.94. The van der Waals surface area contributed by atoms with Crippen LogP contribution >= 0.6 is 0 Å². The number of ether oxygens (including phenoxy) is 1. The fraction of sp³-hybridized carbons (Fsp3) is 0.0213. The molecule has 0 radical (unpaired) electrons. The van der Waals surface area contributed by atoms with E-state index < -0.39 is 0 Å². The lowest BCUT2D eigenvalue weighted by Gasteiger charge is -2.24. The van der Waals surface area contributed by atoms with Crippen molar-refractivity contribution < 1.29 is 4.74 Å². The molecule has 50 heavy (non-hydrogen) atoms. The molecule has 0 atom stereocenters. The molecule has 0 amide bonds. The van der Waals surface area contributed by atoms with E-state index in [-0.39, 0.29) is 0 Å². The maximum Gasteiger partial charge on any atom is 0.129 e. The van der Waals surface area contributed by atoms with Crippen molar-refractivity contribution in [1.82, 2.24) is 9.13 Å². The first-order valence-corrected chi connectivity index (χ1v) is 17.3. The average Bonchev–Trinajstić information content (AvgIpc) is 3.65. The second kappa shape index (κ2) is 9.52. The van der Waals surface area contributed by atoms with E-state index in [1.807, 2.05) is 0 Å². The normalized spacial score (nSPS) is 12.9. The Morgan fingerprint density at radius 3 is 2.04 bits per heavy atom. The standard InChI is InChI=1S/C47H28N2O/c1-2-9-29-24-33(21-18-28(29)8-1)48-40-15-4-3-11-34(40)38-25-30(19-22-41(38)48)31-20-23-42-39(26-31)37-14-6-13-36-35-12-5-10-32-27-50-44-17-7-16-43(46(44)45(32)35)49(42)47(36)37/h1-26H,27H2. The Balaban J connectivity index is 1.09. The molecule has 2 aliphatic heterocycles. The number of rotatable bonds is 2. The first kappa shape index (κ1) is 26.4. The van der Waals surface area contributed by atoms with E-state index in [9.17, 15) is 0 Å². The van der Waals surface area contributed by atoms with Gasteiger partial charge in [-0.2, -0.15) is 0 Å². The van der Waals surface area contributed by atoms with Crippen molar-refractivity contribution in [3.8, 4) is 50.5 Å². The molecule has 0 saturated heterocycles. The van der Waals surface area contributed by atoms with Gasteiger partial charge >= 0.3 is 0 Å². The summed E-state index contributed by atoms with van der Waals surface area (Å²) in [6.45, 7) is 0.597. The minimum atomic E-state index is 0.597. The predicted octanol–water partition coefficient (Wildman–Crippen LogP) is 12.2. The topological polar surface area (TPSA) is 19.1 Å². The van der Waals surface area contributed by atoms with Crippen LogP contribution in [0.4, 0.5) is 0 Å². The summed E-state index contributed by atoms with van der Waals surface area (Å²) in [6.07, 6.45) is 0. The number of aromatic nitrogens is 2. The zero-order valence-corrected chi connectivity index (χ0v) is 27.0. The van der Waals surface area contributed by atoms with Crippen LogP contribution in [0.1, 0.15) is 5.56 Å². The molecule has 0 bridgehead atoms. The second-order valence-electron chi connectivity index (χ2n) is 13.7. The summed E-state index contributed by atoms with van der Waals surface area (Å²) in [6, 6.07) is 58.1. The van der Waals surface area contributed by atoms with Gasteiger partial charge in [0.2, 0.25) is 0 Å². The molecule has 2 aliphatic rings. The SMILES string of the molecule is c1cc2c3c(c1)-c1cccc4c5cc(-c6ccc7c(c6)c6ccccc6n7-c6ccc7ccccc7c6)ccc5n(c14)-c1cccc(c1-3)OC2. The van der Waals surface area contributed by atoms with Crippen molar-refractivity contribution in [3.05, 3.63) is 163 Å². The largest absolute Gasteiger partial charge is 0.488 e. The lowest BCUT2D eigenvalue weighted by atomic mass is 9.88. The van der Waals surface area contributed by atoms with Crippen LogP contribution in [0.2, 0.25) is 0 Å². The highest BCUT2D eigenvalue weighted by atomic mass is 16.5. The molecule has 0 saturated carbocycles. The van der Waals surface area contributed by atoms with E-state index in [0.717, 1.165) is 5.75 Å². The van der Waals surface area contributed by atoms with Crippen molar-refractivity contribution >= 4 is 54.4 Å². The number of benzene rings is 8. The van der Waals surface area contributed by atoms with Crippen LogP contribution < -0.4 is 4.74 Å². The van der Waals surface area contributed by atoms with Crippen molar-refractivity contribution in [2.45, 2.75) is 6.61 Å². The van der Waals surface area contributed by atoms with E-state index in [0.29, 0.717) is 6.61 Å². The molecular formula is C47H28N2O. The Morgan fingerprint density at radius 2 is 1.14 bits per heavy atom. The third-order valence-electron chi connectivity index (χ3n) is 11.1. The molecule has 0 spiro atoms. The van der Waals surface area contributed by atoms with Crippen LogP contribution in [-0.4, -0.2) is 9.13 Å². The van der Waals surface area contributed by atoms with Crippen LogP contribution in [0, 0.1) is 0 Å². The Labute approximate surface area is 287 Å². The van der Waals surface area contributed by atoms with Crippen molar-refractivity contribution in [3.63, 3.8) is 0 Å². The van der Waals surface area contributed by atoms with Gasteiger partial charge in [0.05, 0.1) is 27.8 Å². The second-order valence-corrected chi connectivity index (χ2v) is 13.7. The molecule has 3 heteroatoms. The van der Waals surface area contributed by atoms with Crippen molar-refractivity contribution in [2.75, 3.05) is 0 Å². The maximum atomic E-state index is 6.33. The van der Waals surface area contributed by atoms with Gasteiger partial charge in [0, 0.05) is 43.9 Å². The molecule has 2 aromatic heterocycles. The first-order valence-electron chi connectivity index (χ1n) is 17.3. The zero-order chi connectivity index (χ0) is 32.5. The lowest BCUT2D eigenvalue weighted by Crippen LogP contribution is -2.08. The molecule has 0 unspecified atom stereocenters. The summed E-state index contributed by atoms with van der Waals surface area (Å²) in [7, 11) is 0. The van der Waals surface area contributed by atoms with Gasteiger partial charge in [0.15, 0.2) is 0 Å². The quantitative estimate of drug-likeness (QED) is 0.185. The number of hydrogen-bond acceptors (Lipinski definition) is 1. The highest BCUT2D eigenvalue weighted by Gasteiger charge is 2.30. The minimum absolute atomic E-state index is 0.597. The number of hydrogen-bond donors (Lipinski definition) is 0. The number of para-hydroxylation sites is 2. The minimum Gasteiger partial charge on any atom is -0.488 e. The first-order chi connectivity index (χ1) is 24.8. The number of fused-ring (bicyclic) bond motifs is 9. The predicted molar refractivity (Wildman–Crippen MR) is 207 cm³/mol. The van der Waals surface area contributed by atoms with Crippen molar-refractivity contribution in [1.29, 1.82) is 0 Å². The van der Waals surface area contributed by atoms with Gasteiger partial charge in [-0.1, -0.05) is 103 Å². The smallest absolute Gasteiger partial charge is 0.129 e. The molecule has 10 aromatic rings. The van der Waals surface area contributed by atoms with Gasteiger partial charge in [0.1, 0.15) is 12.4 Å². The third-order valence-corrected chi connectivity index (χ3v) is 11.1. The van der Waals surface area contributed by atoms with Crippen LogP contribution in [0.15, 0.2) is 158 Å². The fourth-order valence-corrected chi connectivity index (χ4v) is 8.94. The Morgan fingerprint density at radius 1 is 0.440 bits per heavy atom. The molecule has 0 fully saturated rings. The van der Waals surface area contributed by atoms with Crippen LogP contribution in [0.5, 0.6) is 5.75 Å². The van der Waals surface area contributed by atoms with E-state index >= 15 is 0 Å². The van der Waals surface area contributed by atoms with E-state index in [1.54, 1.807) is 0 Å². The maximum absolute atomic E-state index is 6.33. The summed E-state index contributed by atoms with van der Waals surface area (Å²) in [5.41, 5.74) is 16.0. The third kappa shape index (κ3) is 3.38. The van der Waals surface area contributed by atoms with Gasteiger partial charge in [-0.25, -0.2) is 0 Å². The Bertz CT molecular complexity index is 3100. The van der Waals surface area contributed by atoms with E-state index in [1.165, 1.54) is 105 Å². The summed E-state index contributed by atoms with van der Waals surface area (Å²) >= 11 is 0. The monoisotopic (exact) mass is 636 g/mol. The molecule has 3 nitrogen and oxygen atoms in total. The summed E-state index contributed by atoms with van der Waals surface area (Å²) in [5.74, 6) is 0.957. The highest BCUT2D eigenvalue weighted by Crippen LogP contribution is 2.52. The van der Waals surface area contributed by atoms with Gasteiger partial charge in [-0.15, -0.1) is 0 Å². The van der Waals surface area contributed by atoms with Crippen molar-refractivity contribution in [2.24, 2.45) is 0 Å². The van der Waals surface area contributed by atoms with Gasteiger partial charge in [-0.05, 0) is 87.6 Å². The van der Waals surface area contributed by atoms with Gasteiger partial charge < -0.3 is 13.9 Å². The van der Waals surface area contributed by atoms with Gasteiger partial charge in [-0.3, -0.25) is 0 Å². The number of nitrogens with zero attached hydrogens (tertiary/aromatic N) is 2. The molecule has 232 valence electrons.